The van der Waals surface area contributed by atoms with Crippen molar-refractivity contribution >= 4 is 17.8 Å². The summed E-state index contributed by atoms with van der Waals surface area (Å²) in [5, 5.41) is 5.05. The smallest absolute Gasteiger partial charge is 0.325 e. The third kappa shape index (κ3) is 5.15. The van der Waals surface area contributed by atoms with Crippen LogP contribution in [0.25, 0.3) is 0 Å². The number of rotatable bonds is 8. The number of carbonyl (C=O) groups is 3. The molecule has 0 atom stereocenters. The highest BCUT2D eigenvalue weighted by Gasteiger charge is 2.17. The van der Waals surface area contributed by atoms with Crippen LogP contribution in [0.3, 0.4) is 0 Å². The van der Waals surface area contributed by atoms with E-state index in [0.717, 1.165) is 12.8 Å². The Morgan fingerprint density at radius 3 is 2.75 bits per heavy atom. The molecule has 0 radical (unpaired) electrons. The van der Waals surface area contributed by atoms with Gasteiger partial charge in [0, 0.05) is 12.1 Å². The van der Waals surface area contributed by atoms with Crippen molar-refractivity contribution in [2.24, 2.45) is 0 Å². The van der Waals surface area contributed by atoms with Gasteiger partial charge in [0.25, 0.3) is 11.8 Å². The Morgan fingerprint density at radius 2 is 1.96 bits per heavy atom. The summed E-state index contributed by atoms with van der Waals surface area (Å²) in [5.74, 6) is -0.444. The Bertz CT molecular complexity index is 617. The lowest BCUT2D eigenvalue weighted by molar-refractivity contribution is -0.147. The van der Waals surface area contributed by atoms with E-state index in [4.69, 9.17) is 14.2 Å². The number of hydrogen-bond donors (Lipinski definition) is 2. The van der Waals surface area contributed by atoms with Crippen molar-refractivity contribution in [3.05, 3.63) is 23.8 Å². The maximum Gasteiger partial charge on any atom is 0.325 e. The summed E-state index contributed by atoms with van der Waals surface area (Å²) in [6, 6.07) is 4.72. The summed E-state index contributed by atoms with van der Waals surface area (Å²) in [4.78, 5) is 34.9. The van der Waals surface area contributed by atoms with Crippen molar-refractivity contribution < 1.29 is 28.6 Å². The van der Waals surface area contributed by atoms with Crippen molar-refractivity contribution in [2.45, 2.75) is 19.8 Å². The van der Waals surface area contributed by atoms with Gasteiger partial charge in [0.05, 0.1) is 0 Å². The van der Waals surface area contributed by atoms with Crippen LogP contribution in [0.1, 0.15) is 30.1 Å². The predicted molar refractivity (Wildman–Crippen MR) is 83.8 cm³/mol. The van der Waals surface area contributed by atoms with Gasteiger partial charge in [-0.2, -0.15) is 0 Å². The molecule has 0 saturated heterocycles. The first-order chi connectivity index (χ1) is 11.6. The van der Waals surface area contributed by atoms with Gasteiger partial charge in [-0.1, -0.05) is 13.3 Å². The topological polar surface area (TPSA) is 103 Å². The number of benzene rings is 1. The molecule has 8 heteroatoms. The van der Waals surface area contributed by atoms with Crippen molar-refractivity contribution in [3.63, 3.8) is 0 Å². The van der Waals surface area contributed by atoms with E-state index in [1.54, 1.807) is 12.1 Å². The Kier molecular flexibility index (Phi) is 6.41. The van der Waals surface area contributed by atoms with E-state index in [0.29, 0.717) is 23.6 Å². The molecule has 0 bridgehead atoms. The van der Waals surface area contributed by atoms with Crippen molar-refractivity contribution in [2.75, 3.05) is 26.5 Å². The van der Waals surface area contributed by atoms with Gasteiger partial charge in [0.1, 0.15) is 6.54 Å². The number of nitrogens with one attached hydrogen (secondary N) is 2. The van der Waals surface area contributed by atoms with E-state index in [2.05, 4.69) is 10.6 Å². The number of hydrogen-bond acceptors (Lipinski definition) is 6. The number of fused-ring (bicyclic) bond motifs is 1. The van der Waals surface area contributed by atoms with Crippen LogP contribution in [0.15, 0.2) is 18.2 Å². The Labute approximate surface area is 139 Å². The SMILES string of the molecule is CCCCNC(=O)COC(=O)CNC(=O)c1ccc2c(c1)OCO2. The standard InChI is InChI=1S/C16H20N2O6/c1-2-3-6-17-14(19)9-22-15(20)8-18-16(21)11-4-5-12-13(7-11)24-10-23-12/h4-5,7H,2-3,6,8-10H2,1H3,(H,17,19)(H,18,21). The molecule has 1 aromatic carbocycles. The highest BCUT2D eigenvalue weighted by atomic mass is 16.7. The van der Waals surface area contributed by atoms with E-state index in [-0.39, 0.29) is 25.9 Å². The molecule has 2 rings (SSSR count). The van der Waals surface area contributed by atoms with Crippen LogP contribution in [0.2, 0.25) is 0 Å². The predicted octanol–water partition coefficient (Wildman–Crippen LogP) is 0.605. The van der Waals surface area contributed by atoms with Crippen LogP contribution >= 0.6 is 0 Å². The minimum atomic E-state index is -0.685. The van der Waals surface area contributed by atoms with Crippen molar-refractivity contribution in [1.82, 2.24) is 10.6 Å². The zero-order chi connectivity index (χ0) is 17.4. The Morgan fingerprint density at radius 1 is 1.17 bits per heavy atom. The normalized spacial score (nSPS) is 11.7. The highest BCUT2D eigenvalue weighted by molar-refractivity contribution is 5.96. The maximum absolute atomic E-state index is 12.0. The van der Waals surface area contributed by atoms with Gasteiger partial charge in [-0.3, -0.25) is 14.4 Å². The summed E-state index contributed by atoms with van der Waals surface area (Å²) in [6.07, 6.45) is 1.83. The third-order valence-electron chi connectivity index (χ3n) is 3.24. The minimum absolute atomic E-state index is 0.118. The molecule has 2 amide bonds. The first-order valence-corrected chi connectivity index (χ1v) is 7.70. The zero-order valence-corrected chi connectivity index (χ0v) is 13.4. The summed E-state index contributed by atoms with van der Waals surface area (Å²) in [6.45, 7) is 1.99. The Balaban J connectivity index is 1.69. The van der Waals surface area contributed by atoms with Gasteiger partial charge >= 0.3 is 5.97 Å². The molecule has 0 aromatic heterocycles. The van der Waals surface area contributed by atoms with Crippen molar-refractivity contribution in [1.29, 1.82) is 0 Å². The van der Waals surface area contributed by atoms with E-state index in [1.807, 2.05) is 6.92 Å². The van der Waals surface area contributed by atoms with Crippen molar-refractivity contribution in [3.8, 4) is 11.5 Å². The van der Waals surface area contributed by atoms with Crippen LogP contribution in [-0.2, 0) is 14.3 Å². The quantitative estimate of drug-likeness (QED) is 0.532. The molecule has 0 saturated carbocycles. The maximum atomic E-state index is 12.0. The summed E-state index contributed by atoms with van der Waals surface area (Å²) in [5.41, 5.74) is 0.337. The third-order valence-corrected chi connectivity index (χ3v) is 3.24. The van der Waals surface area contributed by atoms with Crippen LogP contribution in [0, 0.1) is 0 Å². The highest BCUT2D eigenvalue weighted by Crippen LogP contribution is 2.32. The van der Waals surface area contributed by atoms with Crippen LogP contribution < -0.4 is 20.1 Å². The lowest BCUT2D eigenvalue weighted by Crippen LogP contribution is -2.34. The lowest BCUT2D eigenvalue weighted by Gasteiger charge is -2.07. The first kappa shape index (κ1) is 17.6. The molecule has 0 unspecified atom stereocenters. The second-order valence-corrected chi connectivity index (χ2v) is 5.11. The molecule has 1 aliphatic rings. The lowest BCUT2D eigenvalue weighted by atomic mass is 10.2. The minimum Gasteiger partial charge on any atom is -0.454 e. The molecule has 0 spiro atoms. The second-order valence-electron chi connectivity index (χ2n) is 5.11. The number of unbranched alkanes of at least 4 members (excludes halogenated alkanes) is 1. The molecule has 8 nitrogen and oxygen atoms in total. The number of amides is 2. The first-order valence-electron chi connectivity index (χ1n) is 7.70. The van der Waals surface area contributed by atoms with Gasteiger partial charge in [0.2, 0.25) is 6.79 Å². The number of ether oxygens (including phenoxy) is 3. The Hall–Kier alpha value is -2.77. The largest absolute Gasteiger partial charge is 0.454 e. The average Bonchev–Trinajstić information content (AvgIpc) is 3.05. The van der Waals surface area contributed by atoms with Gasteiger partial charge < -0.3 is 24.8 Å². The second kappa shape index (κ2) is 8.76. The molecule has 0 fully saturated rings. The molecule has 1 aliphatic heterocycles. The molecule has 1 heterocycles. The summed E-state index contributed by atoms with van der Waals surface area (Å²) < 4.78 is 15.1. The van der Waals surface area contributed by atoms with E-state index < -0.39 is 11.9 Å². The van der Waals surface area contributed by atoms with E-state index in [9.17, 15) is 14.4 Å². The van der Waals surface area contributed by atoms with Gasteiger partial charge in [-0.15, -0.1) is 0 Å². The monoisotopic (exact) mass is 336 g/mol. The zero-order valence-electron chi connectivity index (χ0n) is 13.4. The molecular formula is C16H20N2O6. The summed E-state index contributed by atoms with van der Waals surface area (Å²) >= 11 is 0. The average molecular weight is 336 g/mol. The number of esters is 1. The molecule has 1 aromatic rings. The van der Waals surface area contributed by atoms with Crippen LogP contribution in [0.4, 0.5) is 0 Å². The fraction of sp³-hybridized carbons (Fsp3) is 0.438. The van der Waals surface area contributed by atoms with Crippen LogP contribution in [-0.4, -0.2) is 44.3 Å². The van der Waals surface area contributed by atoms with Gasteiger partial charge in [0.15, 0.2) is 18.1 Å². The molecule has 24 heavy (non-hydrogen) atoms. The fourth-order valence-electron chi connectivity index (χ4n) is 1.94. The van der Waals surface area contributed by atoms with Gasteiger partial charge in [-0.25, -0.2) is 0 Å². The van der Waals surface area contributed by atoms with Gasteiger partial charge in [-0.05, 0) is 24.6 Å². The fourth-order valence-corrected chi connectivity index (χ4v) is 1.94. The molecular weight excluding hydrogens is 316 g/mol. The summed E-state index contributed by atoms with van der Waals surface area (Å²) in [7, 11) is 0. The number of carbonyl (C=O) groups excluding carboxylic acids is 3. The molecule has 130 valence electrons. The van der Waals surface area contributed by atoms with E-state index >= 15 is 0 Å². The molecule has 2 N–H and O–H groups in total. The van der Waals surface area contributed by atoms with Crippen LogP contribution in [0.5, 0.6) is 11.5 Å². The van der Waals surface area contributed by atoms with E-state index in [1.165, 1.54) is 6.07 Å². The molecule has 0 aliphatic carbocycles.